The molecule has 2 amide bonds. The van der Waals surface area contributed by atoms with E-state index in [1.54, 1.807) is 14.2 Å². The van der Waals surface area contributed by atoms with Gasteiger partial charge in [0.05, 0.1) is 40.6 Å². The standard InChI is InChI=1S/C67H110N2O14/c1-13-15-17-19-21-23-25-27-29-31-41-67(42-32-30-28-26-24-22-20-18-16-14-2,61(70)68-43-53-57(80-63(3,4)76-53)59-55(78-65(7,8)82-59)47-74-45-49-33-37-51(72-11)38-34-49)62(71)69-44-54-58(81-64(5,6)77-54)60-56(79-66(9,10)83-60)48-75-46-50-35-39-52(73-12)40-36-50/h33-40,53-60H,13-32,41-48H2,1-12H3,(H,68,70)(H,69,71)/t53-,54-,55-,56-,57+,58+,59+,60+/m1/s1. The first-order valence-electron chi connectivity index (χ1n) is 32.1. The van der Waals surface area contributed by atoms with Crippen molar-refractivity contribution in [2.75, 3.05) is 40.5 Å². The van der Waals surface area contributed by atoms with Crippen molar-refractivity contribution in [3.05, 3.63) is 59.7 Å². The largest absolute Gasteiger partial charge is 0.497 e. The second kappa shape index (κ2) is 33.6. The van der Waals surface area contributed by atoms with Crippen LogP contribution in [0, 0.1) is 5.41 Å². The van der Waals surface area contributed by atoms with E-state index in [0.29, 0.717) is 26.1 Å². The Hall–Kier alpha value is -3.42. The third kappa shape index (κ3) is 22.0. The van der Waals surface area contributed by atoms with Gasteiger partial charge in [-0.2, -0.15) is 0 Å². The first kappa shape index (κ1) is 68.7. The van der Waals surface area contributed by atoms with Gasteiger partial charge in [-0.25, -0.2) is 0 Å². The van der Waals surface area contributed by atoms with E-state index in [0.717, 1.165) is 74.0 Å². The van der Waals surface area contributed by atoms with Crippen molar-refractivity contribution in [1.82, 2.24) is 10.6 Å². The van der Waals surface area contributed by atoms with Gasteiger partial charge in [0.25, 0.3) is 0 Å². The Morgan fingerprint density at radius 2 is 0.687 bits per heavy atom. The van der Waals surface area contributed by atoms with Gasteiger partial charge in [-0.3, -0.25) is 9.59 Å². The molecule has 2 N–H and O–H groups in total. The van der Waals surface area contributed by atoms with Crippen LogP contribution in [0.2, 0.25) is 0 Å². The van der Waals surface area contributed by atoms with Gasteiger partial charge in [-0.1, -0.05) is 167 Å². The molecule has 0 radical (unpaired) electrons. The third-order valence-electron chi connectivity index (χ3n) is 16.7. The van der Waals surface area contributed by atoms with Crippen LogP contribution in [0.15, 0.2) is 48.5 Å². The van der Waals surface area contributed by atoms with Crippen molar-refractivity contribution in [1.29, 1.82) is 0 Å². The van der Waals surface area contributed by atoms with Crippen LogP contribution in [-0.2, 0) is 70.2 Å². The number of hydrogen-bond acceptors (Lipinski definition) is 14. The van der Waals surface area contributed by atoms with Gasteiger partial charge in [-0.15, -0.1) is 0 Å². The molecule has 0 unspecified atom stereocenters. The molecule has 0 bridgehead atoms. The number of carbonyl (C=O) groups excluding carboxylic acids is 2. The summed E-state index contributed by atoms with van der Waals surface area (Å²) in [5.41, 5.74) is 0.599. The second-order valence-corrected chi connectivity index (χ2v) is 25.6. The highest BCUT2D eigenvalue weighted by Gasteiger charge is 2.56. The Kier molecular flexibility index (Phi) is 27.8. The van der Waals surface area contributed by atoms with Crippen LogP contribution in [0.4, 0.5) is 0 Å². The number of carbonyl (C=O) groups is 2. The van der Waals surface area contributed by atoms with Gasteiger partial charge in [0.15, 0.2) is 23.1 Å². The molecule has 0 spiro atoms. The normalized spacial score (nSPS) is 25.2. The molecule has 4 saturated heterocycles. The highest BCUT2D eigenvalue weighted by Crippen LogP contribution is 2.42. The fourth-order valence-corrected chi connectivity index (χ4v) is 12.4. The predicted molar refractivity (Wildman–Crippen MR) is 322 cm³/mol. The van der Waals surface area contributed by atoms with E-state index >= 15 is 9.59 Å². The predicted octanol–water partition coefficient (Wildman–Crippen LogP) is 13.4. The fraction of sp³-hybridized carbons (Fsp3) is 0.791. The number of benzene rings is 2. The summed E-state index contributed by atoms with van der Waals surface area (Å²) in [5.74, 6) is -2.94. The average molecular weight is 1170 g/mol. The molecule has 6 rings (SSSR count). The molecule has 2 aromatic rings. The van der Waals surface area contributed by atoms with Crippen molar-refractivity contribution in [2.45, 2.75) is 296 Å². The molecular formula is C67H110N2O14. The Balaban J connectivity index is 1.20. The number of unbranched alkanes of at least 4 members (excludes halogenated alkanes) is 18. The van der Waals surface area contributed by atoms with E-state index in [1.165, 1.54) is 77.0 Å². The lowest BCUT2D eigenvalue weighted by atomic mass is 9.75. The Morgan fingerprint density at radius 1 is 0.410 bits per heavy atom. The molecule has 4 aliphatic rings. The van der Waals surface area contributed by atoms with Gasteiger partial charge >= 0.3 is 0 Å². The van der Waals surface area contributed by atoms with Crippen molar-refractivity contribution < 1.29 is 66.4 Å². The van der Waals surface area contributed by atoms with Gasteiger partial charge in [-0.05, 0) is 104 Å². The smallest absolute Gasteiger partial charge is 0.235 e. The Bertz CT molecular complexity index is 2020. The van der Waals surface area contributed by atoms with E-state index in [2.05, 4.69) is 24.5 Å². The molecule has 4 heterocycles. The molecule has 0 aliphatic carbocycles. The molecule has 0 aromatic heterocycles. The van der Waals surface area contributed by atoms with Crippen molar-refractivity contribution in [2.24, 2.45) is 5.41 Å². The molecule has 16 nitrogen and oxygen atoms in total. The van der Waals surface area contributed by atoms with Crippen molar-refractivity contribution >= 4 is 11.8 Å². The van der Waals surface area contributed by atoms with Gasteiger partial charge < -0.3 is 67.5 Å². The Morgan fingerprint density at radius 3 is 0.988 bits per heavy atom. The monoisotopic (exact) mass is 1170 g/mol. The van der Waals surface area contributed by atoms with Gasteiger partial charge in [0, 0.05) is 13.1 Å². The first-order chi connectivity index (χ1) is 39.7. The quantitative estimate of drug-likeness (QED) is 0.0477. The minimum atomic E-state index is -1.39. The summed E-state index contributed by atoms with van der Waals surface area (Å²) in [6.45, 7) is 20.9. The summed E-state index contributed by atoms with van der Waals surface area (Å²) >= 11 is 0. The number of amides is 2. The minimum absolute atomic E-state index is 0.0876. The molecule has 83 heavy (non-hydrogen) atoms. The van der Waals surface area contributed by atoms with Crippen LogP contribution >= 0.6 is 0 Å². The summed E-state index contributed by atoms with van der Waals surface area (Å²) in [6, 6.07) is 15.5. The summed E-state index contributed by atoms with van der Waals surface area (Å²) in [7, 11) is 3.29. The highest BCUT2D eigenvalue weighted by molar-refractivity contribution is 6.05. The molecule has 4 aliphatic heterocycles. The number of rotatable bonds is 40. The van der Waals surface area contributed by atoms with Crippen LogP contribution < -0.4 is 20.1 Å². The summed E-state index contributed by atoms with van der Waals surface area (Å²) in [5, 5.41) is 6.62. The number of methoxy groups -OCH3 is 2. The molecule has 16 heteroatoms. The van der Waals surface area contributed by atoms with E-state index in [4.69, 9.17) is 56.8 Å². The number of hydrogen-bond donors (Lipinski definition) is 2. The molecule has 2 aromatic carbocycles. The van der Waals surface area contributed by atoms with Crippen LogP contribution in [0.25, 0.3) is 0 Å². The van der Waals surface area contributed by atoms with Crippen molar-refractivity contribution in [3.63, 3.8) is 0 Å². The SMILES string of the molecule is CCCCCCCCCCCCC(CCCCCCCCCCCC)(C(=O)NC[C@H]1OC(C)(C)O[C@@H]1[C@H]1OC(C)(C)O[C@@H]1COCc1ccc(OC)cc1)C(=O)NC[C@H]1OC(C)(C)O[C@@H]1[C@H]1OC(C)(C)O[C@@H]1COCc1ccc(OC)cc1. The van der Waals surface area contributed by atoms with Crippen molar-refractivity contribution in [3.8, 4) is 11.5 Å². The lowest BCUT2D eigenvalue weighted by Gasteiger charge is -2.33. The van der Waals surface area contributed by atoms with Crippen LogP contribution in [0.1, 0.15) is 222 Å². The van der Waals surface area contributed by atoms with Crippen LogP contribution in [0.3, 0.4) is 0 Å². The summed E-state index contributed by atoms with van der Waals surface area (Å²) in [6.07, 6.45) is 18.8. The maximum atomic E-state index is 15.6. The first-order valence-corrected chi connectivity index (χ1v) is 32.1. The lowest BCUT2D eigenvalue weighted by Crippen LogP contribution is -2.56. The maximum absolute atomic E-state index is 15.6. The zero-order chi connectivity index (χ0) is 59.9. The topological polar surface area (TPSA) is 169 Å². The Labute approximate surface area is 499 Å². The minimum Gasteiger partial charge on any atom is -0.497 e. The van der Waals surface area contributed by atoms with E-state index < -0.39 is 77.4 Å². The van der Waals surface area contributed by atoms with E-state index in [-0.39, 0.29) is 38.1 Å². The average Bonchev–Trinajstić information content (AvgIpc) is 2.69. The van der Waals surface area contributed by atoms with E-state index in [9.17, 15) is 0 Å². The molecule has 472 valence electrons. The molecule has 0 saturated carbocycles. The zero-order valence-corrected chi connectivity index (χ0v) is 53.3. The third-order valence-corrected chi connectivity index (χ3v) is 16.7. The van der Waals surface area contributed by atoms with E-state index in [1.807, 2.05) is 104 Å². The molecular weight excluding hydrogens is 1060 g/mol. The number of ether oxygens (including phenoxy) is 12. The van der Waals surface area contributed by atoms with Crippen LogP contribution in [-0.4, -0.2) is 124 Å². The number of nitrogens with one attached hydrogen (secondary N) is 2. The van der Waals surface area contributed by atoms with Crippen LogP contribution in [0.5, 0.6) is 11.5 Å². The summed E-state index contributed by atoms with van der Waals surface area (Å²) in [4.78, 5) is 31.2. The van der Waals surface area contributed by atoms with Gasteiger partial charge in [0.2, 0.25) is 11.8 Å². The highest BCUT2D eigenvalue weighted by atomic mass is 16.8. The summed E-state index contributed by atoms with van der Waals surface area (Å²) < 4.78 is 75.9. The second-order valence-electron chi connectivity index (χ2n) is 25.6. The van der Waals surface area contributed by atoms with Gasteiger partial charge in [0.1, 0.15) is 65.7 Å². The molecule has 4 fully saturated rings. The zero-order valence-electron chi connectivity index (χ0n) is 53.3. The fourth-order valence-electron chi connectivity index (χ4n) is 12.4. The maximum Gasteiger partial charge on any atom is 0.235 e. The lowest BCUT2D eigenvalue weighted by molar-refractivity contribution is -0.175. The molecule has 8 atom stereocenters.